The lowest BCUT2D eigenvalue weighted by molar-refractivity contribution is 0.778. The Hall–Kier alpha value is -1.20. The smallest absolute Gasteiger partial charge is 0.112 e. The Labute approximate surface area is 86.6 Å². The van der Waals surface area contributed by atoms with Crippen molar-refractivity contribution in [3.8, 4) is 0 Å². The van der Waals surface area contributed by atoms with Crippen LogP contribution in [0.2, 0.25) is 0 Å². The summed E-state index contributed by atoms with van der Waals surface area (Å²) >= 11 is 1.67. The van der Waals surface area contributed by atoms with E-state index in [1.165, 1.54) is 0 Å². The zero-order chi connectivity index (χ0) is 9.80. The van der Waals surface area contributed by atoms with Gasteiger partial charge in [-0.25, -0.2) is 9.97 Å². The third-order valence-corrected chi connectivity index (χ3v) is 2.61. The second-order valence-electron chi connectivity index (χ2n) is 2.99. The SMILES string of the molecule is CNCc1cn(Cc2nccs2)cn1. The lowest BCUT2D eigenvalue weighted by atomic mass is 10.5. The fraction of sp³-hybridized carbons (Fsp3) is 0.333. The van der Waals surface area contributed by atoms with Crippen molar-refractivity contribution >= 4 is 11.3 Å². The minimum absolute atomic E-state index is 0.810. The van der Waals surface area contributed by atoms with Gasteiger partial charge >= 0.3 is 0 Å². The average Bonchev–Trinajstić information content (AvgIpc) is 2.79. The molecule has 1 N–H and O–H groups in total. The van der Waals surface area contributed by atoms with Crippen LogP contribution in [0.15, 0.2) is 24.1 Å². The van der Waals surface area contributed by atoms with Crippen LogP contribution in [-0.4, -0.2) is 21.6 Å². The van der Waals surface area contributed by atoms with Crippen LogP contribution >= 0.6 is 11.3 Å². The van der Waals surface area contributed by atoms with Gasteiger partial charge in [-0.2, -0.15) is 0 Å². The van der Waals surface area contributed by atoms with Crippen LogP contribution in [0.4, 0.5) is 0 Å². The highest BCUT2D eigenvalue weighted by Crippen LogP contribution is 2.06. The van der Waals surface area contributed by atoms with E-state index in [9.17, 15) is 0 Å². The predicted molar refractivity (Wildman–Crippen MR) is 56.2 cm³/mol. The number of thiazole rings is 1. The first kappa shape index (κ1) is 9.36. The van der Waals surface area contributed by atoms with Gasteiger partial charge in [0.2, 0.25) is 0 Å². The third kappa shape index (κ3) is 2.18. The van der Waals surface area contributed by atoms with Crippen molar-refractivity contribution < 1.29 is 0 Å². The first-order valence-corrected chi connectivity index (χ1v) is 5.30. The van der Waals surface area contributed by atoms with Crippen molar-refractivity contribution in [2.75, 3.05) is 7.05 Å². The van der Waals surface area contributed by atoms with Crippen molar-refractivity contribution in [1.82, 2.24) is 19.9 Å². The maximum Gasteiger partial charge on any atom is 0.112 e. The lowest BCUT2D eigenvalue weighted by Crippen LogP contribution is -2.05. The number of nitrogens with zero attached hydrogens (tertiary/aromatic N) is 3. The number of rotatable bonds is 4. The van der Waals surface area contributed by atoms with E-state index in [0.29, 0.717) is 0 Å². The third-order valence-electron chi connectivity index (χ3n) is 1.85. The Balaban J connectivity index is 2.03. The molecular formula is C9H12N4S. The molecule has 5 heteroatoms. The van der Waals surface area contributed by atoms with E-state index in [4.69, 9.17) is 0 Å². The Bertz CT molecular complexity index is 379. The van der Waals surface area contributed by atoms with Gasteiger partial charge in [0.25, 0.3) is 0 Å². The van der Waals surface area contributed by atoms with E-state index in [2.05, 4.69) is 15.3 Å². The van der Waals surface area contributed by atoms with Crippen molar-refractivity contribution in [2.45, 2.75) is 13.1 Å². The highest BCUT2D eigenvalue weighted by molar-refractivity contribution is 7.09. The van der Waals surface area contributed by atoms with Gasteiger partial charge in [0, 0.05) is 24.3 Å². The first-order chi connectivity index (χ1) is 6.88. The van der Waals surface area contributed by atoms with Crippen LogP contribution in [0.1, 0.15) is 10.7 Å². The van der Waals surface area contributed by atoms with Crippen LogP contribution in [0.5, 0.6) is 0 Å². The molecule has 0 aliphatic carbocycles. The minimum Gasteiger partial charge on any atom is -0.330 e. The zero-order valence-corrected chi connectivity index (χ0v) is 8.79. The first-order valence-electron chi connectivity index (χ1n) is 4.42. The van der Waals surface area contributed by atoms with Crippen LogP contribution in [0.3, 0.4) is 0 Å². The molecule has 0 unspecified atom stereocenters. The molecule has 0 spiro atoms. The average molecular weight is 208 g/mol. The maximum atomic E-state index is 4.26. The van der Waals surface area contributed by atoms with Crippen LogP contribution in [0.25, 0.3) is 0 Å². The quantitative estimate of drug-likeness (QED) is 0.818. The maximum absolute atomic E-state index is 4.26. The molecular weight excluding hydrogens is 196 g/mol. The normalized spacial score (nSPS) is 10.6. The lowest BCUT2D eigenvalue weighted by Gasteiger charge is -1.96. The van der Waals surface area contributed by atoms with Crippen molar-refractivity contribution in [3.63, 3.8) is 0 Å². The number of hydrogen-bond acceptors (Lipinski definition) is 4. The second-order valence-corrected chi connectivity index (χ2v) is 3.97. The van der Waals surface area contributed by atoms with E-state index < -0.39 is 0 Å². The monoisotopic (exact) mass is 208 g/mol. The highest BCUT2D eigenvalue weighted by Gasteiger charge is 1.99. The summed E-state index contributed by atoms with van der Waals surface area (Å²) in [5.74, 6) is 0. The Morgan fingerprint density at radius 3 is 3.14 bits per heavy atom. The topological polar surface area (TPSA) is 42.7 Å². The number of imidazole rings is 1. The molecule has 0 aliphatic heterocycles. The molecule has 0 saturated carbocycles. The van der Waals surface area contributed by atoms with E-state index in [0.717, 1.165) is 23.8 Å². The summed E-state index contributed by atoms with van der Waals surface area (Å²) in [6.07, 6.45) is 5.71. The standard InChI is InChI=1S/C9H12N4S/c1-10-4-8-5-13(7-12-8)6-9-11-2-3-14-9/h2-3,5,7,10H,4,6H2,1H3. The Kier molecular flexibility index (Phi) is 2.90. The molecule has 14 heavy (non-hydrogen) atoms. The van der Waals surface area contributed by atoms with Gasteiger partial charge < -0.3 is 9.88 Å². The number of hydrogen-bond donors (Lipinski definition) is 1. The highest BCUT2D eigenvalue weighted by atomic mass is 32.1. The zero-order valence-electron chi connectivity index (χ0n) is 7.97. The summed E-state index contributed by atoms with van der Waals surface area (Å²) in [7, 11) is 1.92. The fourth-order valence-electron chi connectivity index (χ4n) is 1.25. The van der Waals surface area contributed by atoms with Gasteiger partial charge in [-0.3, -0.25) is 0 Å². The van der Waals surface area contributed by atoms with E-state index in [-0.39, 0.29) is 0 Å². The molecule has 2 rings (SSSR count). The number of nitrogens with one attached hydrogen (secondary N) is 1. The summed E-state index contributed by atoms with van der Waals surface area (Å²) in [6.45, 7) is 1.62. The molecule has 0 saturated heterocycles. The molecule has 0 atom stereocenters. The fourth-order valence-corrected chi connectivity index (χ4v) is 1.88. The van der Waals surface area contributed by atoms with Gasteiger partial charge in [-0.1, -0.05) is 0 Å². The predicted octanol–water partition coefficient (Wildman–Crippen LogP) is 1.11. The minimum atomic E-state index is 0.810. The van der Waals surface area contributed by atoms with Gasteiger partial charge in [0.05, 0.1) is 18.6 Å². The molecule has 4 nitrogen and oxygen atoms in total. The summed E-state index contributed by atoms with van der Waals surface area (Å²) in [5.41, 5.74) is 1.06. The largest absolute Gasteiger partial charge is 0.330 e. The molecule has 2 heterocycles. The molecule has 74 valence electrons. The van der Waals surface area contributed by atoms with E-state index >= 15 is 0 Å². The molecule has 0 fully saturated rings. The van der Waals surface area contributed by atoms with Gasteiger partial charge in [-0.15, -0.1) is 11.3 Å². The van der Waals surface area contributed by atoms with Gasteiger partial charge in [-0.05, 0) is 7.05 Å². The van der Waals surface area contributed by atoms with Crippen LogP contribution < -0.4 is 5.32 Å². The van der Waals surface area contributed by atoms with Gasteiger partial charge in [0.15, 0.2) is 0 Å². The summed E-state index contributed by atoms with van der Waals surface area (Å²) in [5, 5.41) is 6.16. The Morgan fingerprint density at radius 2 is 2.43 bits per heavy atom. The van der Waals surface area contributed by atoms with Crippen molar-refractivity contribution in [3.05, 3.63) is 34.8 Å². The van der Waals surface area contributed by atoms with Gasteiger partial charge in [0.1, 0.15) is 5.01 Å². The molecule has 0 aliphatic rings. The molecule has 2 aromatic heterocycles. The Morgan fingerprint density at radius 1 is 1.50 bits per heavy atom. The molecule has 0 radical (unpaired) electrons. The molecule has 0 bridgehead atoms. The van der Waals surface area contributed by atoms with E-state index in [1.54, 1.807) is 11.3 Å². The summed E-state index contributed by atoms with van der Waals surface area (Å²) < 4.78 is 2.05. The van der Waals surface area contributed by atoms with E-state index in [1.807, 2.05) is 35.7 Å². The van der Waals surface area contributed by atoms with Crippen molar-refractivity contribution in [1.29, 1.82) is 0 Å². The van der Waals surface area contributed by atoms with Crippen LogP contribution in [0, 0.1) is 0 Å². The second kappa shape index (κ2) is 4.34. The van der Waals surface area contributed by atoms with Crippen molar-refractivity contribution in [2.24, 2.45) is 0 Å². The molecule has 0 amide bonds. The molecule has 2 aromatic rings. The molecule has 0 aromatic carbocycles. The summed E-state index contributed by atoms with van der Waals surface area (Å²) in [4.78, 5) is 8.48. The van der Waals surface area contributed by atoms with Crippen LogP contribution in [-0.2, 0) is 13.1 Å². The number of aromatic nitrogens is 3. The summed E-state index contributed by atoms with van der Waals surface area (Å²) in [6, 6.07) is 0.